The average molecular weight is 366 g/mol. The van der Waals surface area contributed by atoms with E-state index in [4.69, 9.17) is 5.73 Å². The molecule has 0 fully saturated rings. The first-order chi connectivity index (χ1) is 12.2. The molecule has 0 saturated heterocycles. The monoisotopic (exact) mass is 366 g/mol. The van der Waals surface area contributed by atoms with Gasteiger partial charge in [0.25, 0.3) is 0 Å². The van der Waals surface area contributed by atoms with E-state index in [-0.39, 0.29) is 6.04 Å². The molecule has 0 bridgehead atoms. The van der Waals surface area contributed by atoms with Gasteiger partial charge in [0.15, 0.2) is 0 Å². The zero-order valence-corrected chi connectivity index (χ0v) is 15.2. The second-order valence-electron chi connectivity index (χ2n) is 6.42. The highest BCUT2D eigenvalue weighted by molar-refractivity contribution is 5.36. The largest absolute Gasteiger partial charge is 0.416 e. The molecular weight excluding hydrogens is 341 g/mol. The van der Waals surface area contributed by atoms with E-state index in [1.54, 1.807) is 20.2 Å². The van der Waals surface area contributed by atoms with Gasteiger partial charge in [0.05, 0.1) is 5.56 Å². The van der Waals surface area contributed by atoms with Crippen LogP contribution in [0.15, 0.2) is 30.3 Å². The number of hydrogen-bond donors (Lipinski definition) is 3. The molecule has 26 heavy (non-hydrogen) atoms. The van der Waals surface area contributed by atoms with Crippen molar-refractivity contribution in [3.63, 3.8) is 0 Å². The van der Waals surface area contributed by atoms with Crippen LogP contribution in [0.2, 0.25) is 0 Å². The third-order valence-corrected chi connectivity index (χ3v) is 4.21. The number of nitrogens with one attached hydrogen (secondary N) is 2. The number of alkyl halides is 3. The molecule has 2 rings (SSSR count). The maximum absolute atomic E-state index is 13.3. The second kappa shape index (κ2) is 8.51. The minimum absolute atomic E-state index is 0.200. The fraction of sp³-hybridized carbons (Fsp3) is 0.421. The molecule has 142 valence electrons. The Morgan fingerprint density at radius 3 is 2.38 bits per heavy atom. The van der Waals surface area contributed by atoms with E-state index in [0.717, 1.165) is 11.3 Å². The summed E-state index contributed by atoms with van der Waals surface area (Å²) in [5, 5.41) is 6.05. The lowest BCUT2D eigenvalue weighted by Gasteiger charge is -2.19. The van der Waals surface area contributed by atoms with Crippen molar-refractivity contribution in [2.75, 3.05) is 26.4 Å². The van der Waals surface area contributed by atoms with Crippen LogP contribution in [0.3, 0.4) is 0 Å². The van der Waals surface area contributed by atoms with Gasteiger partial charge in [0, 0.05) is 18.3 Å². The second-order valence-corrected chi connectivity index (χ2v) is 6.42. The molecule has 1 aromatic heterocycles. The van der Waals surface area contributed by atoms with Crippen molar-refractivity contribution >= 4 is 5.82 Å². The van der Waals surface area contributed by atoms with E-state index < -0.39 is 11.7 Å². The minimum atomic E-state index is -4.38. The number of anilines is 1. The van der Waals surface area contributed by atoms with Crippen molar-refractivity contribution < 1.29 is 13.2 Å². The molecule has 0 saturated carbocycles. The van der Waals surface area contributed by atoms with Crippen LogP contribution in [0.4, 0.5) is 19.0 Å². The Morgan fingerprint density at radius 2 is 1.81 bits per heavy atom. The van der Waals surface area contributed by atoms with Crippen molar-refractivity contribution in [1.29, 1.82) is 0 Å². The average Bonchev–Trinajstić information content (AvgIpc) is 2.56. The Hall–Kier alpha value is -2.12. The lowest BCUT2D eigenvalue weighted by atomic mass is 9.97. The normalized spacial score (nSPS) is 13.0. The molecule has 1 heterocycles. The van der Waals surface area contributed by atoms with E-state index in [1.807, 2.05) is 19.1 Å². The number of rotatable bonds is 7. The van der Waals surface area contributed by atoms with Crippen molar-refractivity contribution in [2.24, 2.45) is 0 Å². The highest BCUT2D eigenvalue weighted by Crippen LogP contribution is 2.32. The summed E-state index contributed by atoms with van der Waals surface area (Å²) in [7, 11) is 3.51. The van der Waals surface area contributed by atoms with Gasteiger partial charge < -0.3 is 16.4 Å². The minimum Gasteiger partial charge on any atom is -0.384 e. The number of nitrogens with two attached hydrogens (primary N) is 1. The van der Waals surface area contributed by atoms with Crippen LogP contribution in [0.1, 0.15) is 34.0 Å². The van der Waals surface area contributed by atoms with Crippen LogP contribution in [-0.2, 0) is 19.0 Å². The number of benzene rings is 1. The highest BCUT2D eigenvalue weighted by Gasteiger charge is 2.31. The van der Waals surface area contributed by atoms with Crippen molar-refractivity contribution in [2.45, 2.75) is 32.0 Å². The summed E-state index contributed by atoms with van der Waals surface area (Å²) in [6.45, 7) is 2.45. The SMILES string of the molecule is CNCC(NC)c1cc(CCc2cc(C)cc(N)n2)cc(C(F)(F)F)c1. The van der Waals surface area contributed by atoms with E-state index >= 15 is 0 Å². The fourth-order valence-corrected chi connectivity index (χ4v) is 2.99. The quantitative estimate of drug-likeness (QED) is 0.704. The highest BCUT2D eigenvalue weighted by atomic mass is 19.4. The topological polar surface area (TPSA) is 63.0 Å². The summed E-state index contributed by atoms with van der Waals surface area (Å²) in [5.74, 6) is 0.425. The molecule has 4 N–H and O–H groups in total. The lowest BCUT2D eigenvalue weighted by molar-refractivity contribution is -0.137. The van der Waals surface area contributed by atoms with Crippen LogP contribution in [0.25, 0.3) is 0 Å². The van der Waals surface area contributed by atoms with E-state index in [0.29, 0.717) is 36.3 Å². The van der Waals surface area contributed by atoms with Crippen molar-refractivity contribution in [3.05, 3.63) is 58.3 Å². The summed E-state index contributed by atoms with van der Waals surface area (Å²) in [4.78, 5) is 4.26. The van der Waals surface area contributed by atoms with Gasteiger partial charge in [-0.2, -0.15) is 13.2 Å². The summed E-state index contributed by atoms with van der Waals surface area (Å²) >= 11 is 0. The first kappa shape index (κ1) is 20.2. The van der Waals surface area contributed by atoms with Gasteiger partial charge in [-0.25, -0.2) is 4.98 Å². The first-order valence-electron chi connectivity index (χ1n) is 8.49. The van der Waals surface area contributed by atoms with E-state index in [9.17, 15) is 13.2 Å². The molecule has 0 aliphatic rings. The third-order valence-electron chi connectivity index (χ3n) is 4.21. The van der Waals surface area contributed by atoms with Crippen LogP contribution in [0, 0.1) is 6.92 Å². The molecule has 1 aromatic carbocycles. The van der Waals surface area contributed by atoms with Crippen molar-refractivity contribution in [1.82, 2.24) is 15.6 Å². The predicted octanol–water partition coefficient (Wildman–Crippen LogP) is 3.26. The molecule has 0 aliphatic carbocycles. The molecule has 0 spiro atoms. The Kier molecular flexibility index (Phi) is 6.61. The Balaban J connectivity index is 2.31. The van der Waals surface area contributed by atoms with E-state index in [2.05, 4.69) is 15.6 Å². The molecule has 7 heteroatoms. The molecular formula is C19H25F3N4. The van der Waals surface area contributed by atoms with Crippen LogP contribution in [-0.4, -0.2) is 25.6 Å². The number of nitrogen functional groups attached to an aromatic ring is 1. The number of aromatic nitrogens is 1. The van der Waals surface area contributed by atoms with Crippen LogP contribution in [0.5, 0.6) is 0 Å². The number of aryl methyl sites for hydroxylation is 3. The van der Waals surface area contributed by atoms with Crippen molar-refractivity contribution in [3.8, 4) is 0 Å². The smallest absolute Gasteiger partial charge is 0.384 e. The first-order valence-corrected chi connectivity index (χ1v) is 8.49. The van der Waals surface area contributed by atoms with Gasteiger partial charge in [0.1, 0.15) is 5.82 Å². The van der Waals surface area contributed by atoms with Crippen LogP contribution >= 0.6 is 0 Å². The van der Waals surface area contributed by atoms with Gasteiger partial charge in [-0.1, -0.05) is 6.07 Å². The molecule has 4 nitrogen and oxygen atoms in total. The van der Waals surface area contributed by atoms with Gasteiger partial charge in [-0.15, -0.1) is 0 Å². The number of halogens is 3. The summed E-state index contributed by atoms with van der Waals surface area (Å²) in [6, 6.07) is 7.73. The van der Waals surface area contributed by atoms with Gasteiger partial charge in [-0.3, -0.25) is 0 Å². The Bertz CT molecular complexity index is 724. The zero-order chi connectivity index (χ0) is 19.3. The number of pyridine rings is 1. The molecule has 0 radical (unpaired) electrons. The summed E-state index contributed by atoms with van der Waals surface area (Å²) < 4.78 is 39.9. The number of hydrogen-bond acceptors (Lipinski definition) is 4. The number of likely N-dealkylation sites (N-methyl/N-ethyl adjacent to an activating group) is 2. The summed E-state index contributed by atoms with van der Waals surface area (Å²) in [5.41, 5.74) is 8.14. The third kappa shape index (κ3) is 5.44. The van der Waals surface area contributed by atoms with E-state index in [1.165, 1.54) is 12.1 Å². The lowest BCUT2D eigenvalue weighted by Crippen LogP contribution is -2.27. The van der Waals surface area contributed by atoms with Crippen LogP contribution < -0.4 is 16.4 Å². The summed E-state index contributed by atoms with van der Waals surface area (Å²) in [6.07, 6.45) is -3.39. The fourth-order valence-electron chi connectivity index (χ4n) is 2.99. The molecule has 1 unspecified atom stereocenters. The number of nitrogens with zero attached hydrogens (tertiary/aromatic N) is 1. The maximum atomic E-state index is 13.3. The van der Waals surface area contributed by atoms with Gasteiger partial charge in [0.2, 0.25) is 0 Å². The van der Waals surface area contributed by atoms with Gasteiger partial charge >= 0.3 is 6.18 Å². The molecule has 0 amide bonds. The molecule has 2 aromatic rings. The Labute approximate surface area is 152 Å². The maximum Gasteiger partial charge on any atom is 0.416 e. The Morgan fingerprint density at radius 1 is 1.08 bits per heavy atom. The van der Waals surface area contributed by atoms with Gasteiger partial charge in [-0.05, 0) is 74.8 Å². The molecule has 1 atom stereocenters. The zero-order valence-electron chi connectivity index (χ0n) is 15.2. The predicted molar refractivity (Wildman–Crippen MR) is 98.0 cm³/mol. The standard InChI is InChI=1S/C19H25F3N4/c1-12-6-16(26-18(23)7-12)5-4-13-8-14(17(25-3)11-24-2)10-15(9-13)19(20,21)22/h6-10,17,24-25H,4-5,11H2,1-3H3,(H2,23,26). The molecule has 0 aliphatic heterocycles.